The zero-order valence-electron chi connectivity index (χ0n) is 13.9. The molecule has 0 fully saturated rings. The smallest absolute Gasteiger partial charge is 0.161 e. The summed E-state index contributed by atoms with van der Waals surface area (Å²) < 4.78 is 17.2. The minimum Gasteiger partial charge on any atom is -0.493 e. The maximum atomic E-state index is 6.26. The molecule has 2 rings (SSSR count). The molecule has 1 aliphatic heterocycles. The van der Waals surface area contributed by atoms with Gasteiger partial charge < -0.3 is 14.2 Å². The molecule has 0 spiro atoms. The normalized spacial score (nSPS) is 21.1. The van der Waals surface area contributed by atoms with Crippen LogP contribution in [0, 0.1) is 0 Å². The van der Waals surface area contributed by atoms with E-state index in [0.717, 1.165) is 42.7 Å². The Kier molecular flexibility index (Phi) is 6.57. The Balaban J connectivity index is 2.30. The van der Waals surface area contributed by atoms with Gasteiger partial charge in [0, 0.05) is 11.9 Å². The van der Waals surface area contributed by atoms with Gasteiger partial charge >= 0.3 is 0 Å². The summed E-state index contributed by atoms with van der Waals surface area (Å²) in [6.45, 7) is 3.03. The maximum absolute atomic E-state index is 6.26. The van der Waals surface area contributed by atoms with Gasteiger partial charge in [-0.25, -0.2) is 0 Å². The van der Waals surface area contributed by atoms with Crippen molar-refractivity contribution in [3.05, 3.63) is 23.3 Å². The molecule has 22 heavy (non-hydrogen) atoms. The molecule has 0 N–H and O–H groups in total. The van der Waals surface area contributed by atoms with Crippen molar-refractivity contribution in [1.82, 2.24) is 0 Å². The Hall–Kier alpha value is -0.740. The van der Waals surface area contributed by atoms with Crippen LogP contribution in [0.4, 0.5) is 0 Å². The van der Waals surface area contributed by atoms with E-state index in [4.69, 9.17) is 14.2 Å². The summed E-state index contributed by atoms with van der Waals surface area (Å²) >= 11 is 3.50. The number of fused-ring (bicyclic) bond motifs is 1. The first-order chi connectivity index (χ1) is 10.6. The summed E-state index contributed by atoms with van der Waals surface area (Å²) in [5.74, 6) is 1.60. The van der Waals surface area contributed by atoms with Crippen molar-refractivity contribution in [2.75, 3.05) is 26.2 Å². The molecule has 0 aliphatic carbocycles. The lowest BCUT2D eigenvalue weighted by atomic mass is 9.86. The number of alkyl halides is 1. The number of methoxy groups -OCH3 is 2. The minimum atomic E-state index is -0.225. The Morgan fingerprint density at radius 1 is 1.14 bits per heavy atom. The first-order valence-electron chi connectivity index (χ1n) is 8.10. The third-order valence-corrected chi connectivity index (χ3v) is 5.04. The highest BCUT2D eigenvalue weighted by Crippen LogP contribution is 2.41. The molecule has 124 valence electrons. The van der Waals surface area contributed by atoms with E-state index in [-0.39, 0.29) is 5.60 Å². The van der Waals surface area contributed by atoms with Gasteiger partial charge in [-0.2, -0.15) is 0 Å². The SMILES string of the molecule is COc1cc2c(cc1OC)C(C)(CCCCCBr)OCCC2. The van der Waals surface area contributed by atoms with Crippen molar-refractivity contribution in [2.45, 2.75) is 51.0 Å². The second kappa shape index (κ2) is 8.21. The van der Waals surface area contributed by atoms with Crippen LogP contribution in [0.2, 0.25) is 0 Å². The number of hydrogen-bond acceptors (Lipinski definition) is 3. The van der Waals surface area contributed by atoms with Crippen LogP contribution in [0.1, 0.15) is 50.2 Å². The van der Waals surface area contributed by atoms with Gasteiger partial charge in [0.05, 0.1) is 19.8 Å². The average Bonchev–Trinajstić information content (AvgIpc) is 2.70. The Morgan fingerprint density at radius 2 is 1.86 bits per heavy atom. The van der Waals surface area contributed by atoms with Crippen LogP contribution in [0.3, 0.4) is 0 Å². The summed E-state index contributed by atoms with van der Waals surface area (Å²) in [6, 6.07) is 4.24. The Labute approximate surface area is 142 Å². The van der Waals surface area contributed by atoms with Gasteiger partial charge in [-0.15, -0.1) is 0 Å². The summed E-state index contributed by atoms with van der Waals surface area (Å²) in [5.41, 5.74) is 2.37. The molecule has 1 atom stereocenters. The number of aryl methyl sites for hydroxylation is 1. The largest absolute Gasteiger partial charge is 0.493 e. The molecule has 3 nitrogen and oxygen atoms in total. The highest BCUT2D eigenvalue weighted by Gasteiger charge is 2.32. The van der Waals surface area contributed by atoms with Gasteiger partial charge in [0.2, 0.25) is 0 Å². The molecule has 0 saturated heterocycles. The van der Waals surface area contributed by atoms with Crippen LogP contribution in [0.25, 0.3) is 0 Å². The van der Waals surface area contributed by atoms with E-state index < -0.39 is 0 Å². The summed E-state index contributed by atoms with van der Waals surface area (Å²) in [5, 5.41) is 1.08. The second-order valence-electron chi connectivity index (χ2n) is 6.05. The number of rotatable bonds is 7. The van der Waals surface area contributed by atoms with Gasteiger partial charge in [-0.05, 0) is 55.9 Å². The standard InChI is InChI=1S/C18H27BrO3/c1-18(9-5-4-6-10-19)15-13-17(21-3)16(20-2)12-14(15)8-7-11-22-18/h12-13H,4-11H2,1-3H3. The summed E-state index contributed by atoms with van der Waals surface area (Å²) in [7, 11) is 3.38. The topological polar surface area (TPSA) is 27.7 Å². The monoisotopic (exact) mass is 370 g/mol. The lowest BCUT2D eigenvalue weighted by molar-refractivity contribution is -0.0408. The van der Waals surface area contributed by atoms with Gasteiger partial charge in [0.1, 0.15) is 0 Å². The van der Waals surface area contributed by atoms with Crippen LogP contribution in [-0.2, 0) is 16.8 Å². The maximum Gasteiger partial charge on any atom is 0.161 e. The van der Waals surface area contributed by atoms with Crippen LogP contribution >= 0.6 is 15.9 Å². The fourth-order valence-corrected chi connectivity index (χ4v) is 3.59. The van der Waals surface area contributed by atoms with Gasteiger partial charge in [-0.3, -0.25) is 0 Å². The molecule has 1 heterocycles. The lowest BCUT2D eigenvalue weighted by Crippen LogP contribution is -2.26. The molecule has 0 saturated carbocycles. The van der Waals surface area contributed by atoms with Crippen LogP contribution < -0.4 is 9.47 Å². The van der Waals surface area contributed by atoms with Crippen molar-refractivity contribution in [3.8, 4) is 11.5 Å². The Bertz CT molecular complexity index is 489. The van der Waals surface area contributed by atoms with Crippen molar-refractivity contribution in [2.24, 2.45) is 0 Å². The second-order valence-corrected chi connectivity index (χ2v) is 6.84. The van der Waals surface area contributed by atoms with Crippen molar-refractivity contribution >= 4 is 15.9 Å². The molecule has 1 unspecified atom stereocenters. The molecule has 1 aliphatic rings. The number of unbranched alkanes of at least 4 members (excludes halogenated alkanes) is 2. The fourth-order valence-electron chi connectivity index (χ4n) is 3.20. The third kappa shape index (κ3) is 3.96. The molecule has 1 aromatic carbocycles. The number of ether oxygens (including phenoxy) is 3. The van der Waals surface area contributed by atoms with E-state index in [9.17, 15) is 0 Å². The number of benzene rings is 1. The van der Waals surface area contributed by atoms with Crippen molar-refractivity contribution < 1.29 is 14.2 Å². The van der Waals surface area contributed by atoms with Crippen LogP contribution in [-0.4, -0.2) is 26.2 Å². The van der Waals surface area contributed by atoms with Crippen molar-refractivity contribution in [1.29, 1.82) is 0 Å². The van der Waals surface area contributed by atoms with Crippen LogP contribution in [0.5, 0.6) is 11.5 Å². The molecule has 0 aromatic heterocycles. The first kappa shape index (κ1) is 17.6. The molecule has 1 aromatic rings. The molecular formula is C18H27BrO3. The predicted molar refractivity (Wildman–Crippen MR) is 93.4 cm³/mol. The number of halogens is 1. The van der Waals surface area contributed by atoms with Crippen molar-refractivity contribution in [3.63, 3.8) is 0 Å². The van der Waals surface area contributed by atoms with E-state index in [1.54, 1.807) is 14.2 Å². The van der Waals surface area contributed by atoms with E-state index in [2.05, 4.69) is 35.0 Å². The van der Waals surface area contributed by atoms with E-state index in [1.807, 2.05) is 0 Å². The minimum absolute atomic E-state index is 0.225. The van der Waals surface area contributed by atoms with Crippen LogP contribution in [0.15, 0.2) is 12.1 Å². The summed E-state index contributed by atoms with van der Waals surface area (Å²) in [4.78, 5) is 0. The number of hydrogen-bond donors (Lipinski definition) is 0. The van der Waals surface area contributed by atoms with E-state index >= 15 is 0 Å². The first-order valence-corrected chi connectivity index (χ1v) is 9.22. The predicted octanol–water partition coefficient (Wildman–Crippen LogP) is 4.84. The molecule has 4 heteroatoms. The zero-order valence-corrected chi connectivity index (χ0v) is 15.5. The molecule has 0 radical (unpaired) electrons. The summed E-state index contributed by atoms with van der Waals surface area (Å²) in [6.07, 6.45) is 6.76. The molecule has 0 amide bonds. The zero-order chi connectivity index (χ0) is 16.0. The third-order valence-electron chi connectivity index (χ3n) is 4.48. The highest BCUT2D eigenvalue weighted by atomic mass is 79.9. The van der Waals surface area contributed by atoms with Gasteiger partial charge in [-0.1, -0.05) is 28.8 Å². The quantitative estimate of drug-likeness (QED) is 0.507. The molecular weight excluding hydrogens is 344 g/mol. The molecule has 0 bridgehead atoms. The van der Waals surface area contributed by atoms with Gasteiger partial charge in [0.15, 0.2) is 11.5 Å². The van der Waals surface area contributed by atoms with Gasteiger partial charge in [0.25, 0.3) is 0 Å². The fraction of sp³-hybridized carbons (Fsp3) is 0.667. The van der Waals surface area contributed by atoms with E-state index in [0.29, 0.717) is 0 Å². The average molecular weight is 371 g/mol. The van der Waals surface area contributed by atoms with E-state index in [1.165, 1.54) is 30.4 Å². The highest BCUT2D eigenvalue weighted by molar-refractivity contribution is 9.09. The Morgan fingerprint density at radius 3 is 2.55 bits per heavy atom. The lowest BCUT2D eigenvalue weighted by Gasteiger charge is -2.31.